The van der Waals surface area contributed by atoms with Gasteiger partial charge in [0.05, 0.1) is 16.6 Å². The number of carbonyl (C=O) groups excluding carboxylic acids is 2. The van der Waals surface area contributed by atoms with Crippen molar-refractivity contribution in [3.63, 3.8) is 0 Å². The van der Waals surface area contributed by atoms with E-state index in [1.54, 1.807) is 16.2 Å². The Balaban J connectivity index is 1.11. The molecule has 6 nitrogen and oxygen atoms in total. The third-order valence-electron chi connectivity index (χ3n) is 6.71. The molecule has 5 rings (SSSR count). The number of amides is 2. The Labute approximate surface area is 204 Å². The van der Waals surface area contributed by atoms with Gasteiger partial charge in [-0.3, -0.25) is 9.59 Å². The maximum Gasteiger partial charge on any atom is 0.227 e. The minimum atomic E-state index is -0.305. The average Bonchev–Trinajstić information content (AvgIpc) is 3.61. The predicted octanol–water partition coefficient (Wildman–Crippen LogP) is 4.43. The van der Waals surface area contributed by atoms with Crippen LogP contribution >= 0.6 is 11.3 Å². The van der Waals surface area contributed by atoms with Crippen molar-refractivity contribution in [3.8, 4) is 11.3 Å². The number of benzene rings is 2. The van der Waals surface area contributed by atoms with Crippen molar-refractivity contribution in [2.45, 2.75) is 32.6 Å². The van der Waals surface area contributed by atoms with Gasteiger partial charge in [0.2, 0.25) is 11.8 Å². The van der Waals surface area contributed by atoms with Crippen molar-refractivity contribution in [2.24, 2.45) is 5.92 Å². The third kappa shape index (κ3) is 4.99. The van der Waals surface area contributed by atoms with Crippen LogP contribution in [0.5, 0.6) is 0 Å². The minimum Gasteiger partial charge on any atom is -0.372 e. The average molecular weight is 475 g/mol. The van der Waals surface area contributed by atoms with E-state index >= 15 is 0 Å². The van der Waals surface area contributed by atoms with Gasteiger partial charge in [0.1, 0.15) is 0 Å². The van der Waals surface area contributed by atoms with Gasteiger partial charge in [-0.05, 0) is 56.0 Å². The molecule has 7 heteroatoms. The highest BCUT2D eigenvalue weighted by molar-refractivity contribution is 7.09. The summed E-state index contributed by atoms with van der Waals surface area (Å²) in [4.78, 5) is 34.0. The summed E-state index contributed by atoms with van der Waals surface area (Å²) in [6.07, 6.45) is 3.49. The lowest BCUT2D eigenvalue weighted by Crippen LogP contribution is -2.34. The van der Waals surface area contributed by atoms with Crippen LogP contribution in [-0.2, 0) is 16.0 Å². The maximum absolute atomic E-state index is 12.7. The number of anilines is 2. The third-order valence-corrected chi connectivity index (χ3v) is 7.48. The molecule has 3 aromatic rings. The van der Waals surface area contributed by atoms with Crippen LogP contribution in [0, 0.1) is 12.8 Å². The molecule has 2 amide bonds. The zero-order valence-corrected chi connectivity index (χ0v) is 20.3. The van der Waals surface area contributed by atoms with E-state index < -0.39 is 0 Å². The van der Waals surface area contributed by atoms with Crippen LogP contribution in [0.2, 0.25) is 0 Å². The molecule has 1 unspecified atom stereocenters. The molecule has 0 spiro atoms. The number of carbonyl (C=O) groups is 2. The summed E-state index contributed by atoms with van der Waals surface area (Å²) in [6.45, 7) is 5.20. The van der Waals surface area contributed by atoms with Crippen LogP contribution in [0.4, 0.5) is 11.4 Å². The Hall–Kier alpha value is -3.19. The first-order valence-electron chi connectivity index (χ1n) is 12.0. The molecule has 34 heavy (non-hydrogen) atoms. The normalized spacial score (nSPS) is 18.0. The monoisotopic (exact) mass is 474 g/mol. The van der Waals surface area contributed by atoms with E-state index in [-0.39, 0.29) is 24.2 Å². The van der Waals surface area contributed by atoms with E-state index in [0.717, 1.165) is 41.5 Å². The lowest BCUT2D eigenvalue weighted by molar-refractivity contribution is -0.126. The second kappa shape index (κ2) is 9.97. The van der Waals surface area contributed by atoms with Crippen LogP contribution in [0.3, 0.4) is 0 Å². The van der Waals surface area contributed by atoms with Gasteiger partial charge in [-0.25, -0.2) is 4.98 Å². The van der Waals surface area contributed by atoms with Crippen LogP contribution in [0.1, 0.15) is 29.8 Å². The molecule has 176 valence electrons. The van der Waals surface area contributed by atoms with Crippen LogP contribution in [-0.4, -0.2) is 43.0 Å². The summed E-state index contributed by atoms with van der Waals surface area (Å²) in [5.41, 5.74) is 5.35. The summed E-state index contributed by atoms with van der Waals surface area (Å²) in [5, 5.41) is 6.15. The number of nitrogens with zero attached hydrogens (tertiary/aromatic N) is 3. The van der Waals surface area contributed by atoms with E-state index in [0.29, 0.717) is 13.1 Å². The van der Waals surface area contributed by atoms with Gasteiger partial charge in [0.15, 0.2) is 0 Å². The lowest BCUT2D eigenvalue weighted by atomic mass is 10.1. The molecule has 2 fully saturated rings. The quantitative estimate of drug-likeness (QED) is 0.550. The van der Waals surface area contributed by atoms with Crippen molar-refractivity contribution < 1.29 is 9.59 Å². The molecule has 2 aliphatic heterocycles. The highest BCUT2D eigenvalue weighted by Gasteiger charge is 2.35. The van der Waals surface area contributed by atoms with Crippen molar-refractivity contribution in [2.75, 3.05) is 36.0 Å². The molecular formula is C27H30N4O2S. The van der Waals surface area contributed by atoms with Gasteiger partial charge in [0.25, 0.3) is 0 Å². The molecule has 2 aliphatic rings. The van der Waals surface area contributed by atoms with Crippen molar-refractivity contribution in [1.82, 2.24) is 10.3 Å². The summed E-state index contributed by atoms with van der Waals surface area (Å²) in [7, 11) is 0. The van der Waals surface area contributed by atoms with Crippen LogP contribution < -0.4 is 15.1 Å². The summed E-state index contributed by atoms with van der Waals surface area (Å²) in [6, 6.07) is 16.5. The lowest BCUT2D eigenvalue weighted by Gasteiger charge is -2.20. The first-order valence-corrected chi connectivity index (χ1v) is 12.9. The van der Waals surface area contributed by atoms with Gasteiger partial charge >= 0.3 is 0 Å². The van der Waals surface area contributed by atoms with Crippen LogP contribution in [0.15, 0.2) is 53.9 Å². The van der Waals surface area contributed by atoms with E-state index in [9.17, 15) is 9.59 Å². The molecular weight excluding hydrogens is 444 g/mol. The first kappa shape index (κ1) is 22.6. The highest BCUT2D eigenvalue weighted by atomic mass is 32.1. The fourth-order valence-corrected chi connectivity index (χ4v) is 5.39. The largest absolute Gasteiger partial charge is 0.372 e. The fourth-order valence-electron chi connectivity index (χ4n) is 4.76. The summed E-state index contributed by atoms with van der Waals surface area (Å²) < 4.78 is 0. The van der Waals surface area contributed by atoms with Gasteiger partial charge < -0.3 is 15.1 Å². The number of nitrogens with one attached hydrogen (secondary N) is 1. The predicted molar refractivity (Wildman–Crippen MR) is 137 cm³/mol. The molecule has 1 aromatic heterocycles. The molecule has 0 saturated carbocycles. The van der Waals surface area contributed by atoms with Crippen molar-refractivity contribution >= 4 is 34.5 Å². The van der Waals surface area contributed by atoms with Gasteiger partial charge in [-0.15, -0.1) is 11.3 Å². The van der Waals surface area contributed by atoms with Gasteiger partial charge in [-0.1, -0.05) is 24.3 Å². The molecule has 2 aromatic carbocycles. The molecule has 0 aliphatic carbocycles. The summed E-state index contributed by atoms with van der Waals surface area (Å²) >= 11 is 1.65. The topological polar surface area (TPSA) is 65.5 Å². The SMILES string of the molecule is Cc1nc(-c2ccc(CCNC(=O)C3CC(=O)N(c4ccc(N5CCCC5)cc4)C3)cc2)cs1. The molecule has 1 N–H and O–H groups in total. The van der Waals surface area contributed by atoms with E-state index in [4.69, 9.17) is 0 Å². The van der Waals surface area contributed by atoms with Crippen molar-refractivity contribution in [1.29, 1.82) is 0 Å². The number of rotatable bonds is 7. The number of hydrogen-bond acceptors (Lipinski definition) is 5. The number of hydrogen-bond donors (Lipinski definition) is 1. The van der Waals surface area contributed by atoms with Crippen molar-refractivity contribution in [3.05, 3.63) is 64.5 Å². The Bertz CT molecular complexity index is 1150. The van der Waals surface area contributed by atoms with E-state index in [2.05, 4.69) is 57.0 Å². The Morgan fingerprint density at radius 3 is 2.44 bits per heavy atom. The maximum atomic E-state index is 12.7. The second-order valence-electron chi connectivity index (χ2n) is 9.11. The Morgan fingerprint density at radius 1 is 1.06 bits per heavy atom. The number of thiazole rings is 1. The van der Waals surface area contributed by atoms with Gasteiger partial charge in [0, 0.05) is 54.9 Å². The fraction of sp³-hybridized carbons (Fsp3) is 0.370. The standard InChI is InChI=1S/C27H30N4O2S/c1-19-29-25(18-34-19)21-6-4-20(5-7-21)12-13-28-27(33)22-16-26(32)31(17-22)24-10-8-23(9-11-24)30-14-2-3-15-30/h4-11,18,22H,2-3,12-17H2,1H3,(H,28,33). The zero-order valence-electron chi connectivity index (χ0n) is 19.5. The molecule has 3 heterocycles. The Kier molecular flexibility index (Phi) is 6.63. The second-order valence-corrected chi connectivity index (χ2v) is 10.2. The molecule has 0 bridgehead atoms. The Morgan fingerprint density at radius 2 is 1.76 bits per heavy atom. The van der Waals surface area contributed by atoms with E-state index in [1.165, 1.54) is 24.1 Å². The van der Waals surface area contributed by atoms with Gasteiger partial charge in [-0.2, -0.15) is 0 Å². The molecule has 0 radical (unpaired) electrons. The number of aryl methyl sites for hydroxylation is 1. The minimum absolute atomic E-state index is 0.0157. The number of aromatic nitrogens is 1. The smallest absolute Gasteiger partial charge is 0.227 e. The molecule has 1 atom stereocenters. The van der Waals surface area contributed by atoms with E-state index in [1.807, 2.05) is 19.1 Å². The van der Waals surface area contributed by atoms with Crippen LogP contribution in [0.25, 0.3) is 11.3 Å². The highest BCUT2D eigenvalue weighted by Crippen LogP contribution is 2.28. The summed E-state index contributed by atoms with van der Waals surface area (Å²) in [5.74, 6) is -0.331. The zero-order chi connectivity index (χ0) is 23.5. The first-order chi connectivity index (χ1) is 16.6. The molecule has 2 saturated heterocycles.